The maximum atomic E-state index is 17.3. The summed E-state index contributed by atoms with van der Waals surface area (Å²) in [7, 11) is 0. The van der Waals surface area contributed by atoms with Gasteiger partial charge in [-0.05, 0) is 82.9 Å². The van der Waals surface area contributed by atoms with Crippen molar-refractivity contribution >= 4 is 69.0 Å². The molecule has 2 aromatic heterocycles. The molecule has 0 N–H and O–H groups in total. The van der Waals surface area contributed by atoms with Crippen LogP contribution in [0.5, 0.6) is 0 Å². The molecular formula is C39H42Cl2FN5O4S. The molecule has 3 saturated heterocycles. The second kappa shape index (κ2) is 14.3. The second-order valence-electron chi connectivity index (χ2n) is 14.9. The lowest BCUT2D eigenvalue weighted by Gasteiger charge is -2.40. The fraction of sp³-hybridized carbons (Fsp3) is 0.487. The standard InChI is InChI=1S/C39H42Cl2FN5O4S/c1-6-16-50-37(48)45-15-9-13-27(45)28-19-25-35(47(28)34-22-18-29(34)46(20-22)38(49)51-39(2,3)4)24-17-21(10-8-14-43)30(23-11-7-12-26(40)31(23)41)32(42)33(24)44-36(25)52-5/h7,11-12,17,19,22,27,29,34H,6,8-10,13,15-16,18,20H2,1-5H3/t22-,27-,29-,34+/m1/s1. The molecule has 0 unspecified atom stereocenters. The van der Waals surface area contributed by atoms with Crippen LogP contribution >= 0.6 is 35.0 Å². The molecule has 0 spiro atoms. The molecule has 1 aliphatic carbocycles. The minimum atomic E-state index is -0.649. The highest BCUT2D eigenvalue weighted by Gasteiger charge is 2.57. The van der Waals surface area contributed by atoms with Crippen LogP contribution in [-0.2, 0) is 15.9 Å². The van der Waals surface area contributed by atoms with Crippen molar-refractivity contribution in [3.8, 4) is 17.2 Å². The van der Waals surface area contributed by atoms with Crippen molar-refractivity contribution in [1.29, 1.82) is 5.26 Å². The van der Waals surface area contributed by atoms with Gasteiger partial charge in [-0.25, -0.2) is 19.0 Å². The van der Waals surface area contributed by atoms with E-state index in [1.54, 1.807) is 23.1 Å². The summed E-state index contributed by atoms with van der Waals surface area (Å²) in [6, 6.07) is 10.8. The summed E-state index contributed by atoms with van der Waals surface area (Å²) in [6.45, 7) is 8.97. The number of carbonyl (C=O) groups is 2. The molecule has 4 aromatic rings. The van der Waals surface area contributed by atoms with E-state index in [0.29, 0.717) is 52.7 Å². The molecule has 4 atom stereocenters. The number of pyridine rings is 1. The number of aryl methyl sites for hydroxylation is 1. The highest BCUT2D eigenvalue weighted by Crippen LogP contribution is 2.54. The quantitative estimate of drug-likeness (QED) is 0.165. The Kier molecular flexibility index (Phi) is 10.0. The molecular weight excluding hydrogens is 724 g/mol. The molecule has 52 heavy (non-hydrogen) atoms. The van der Waals surface area contributed by atoms with Crippen molar-refractivity contribution in [1.82, 2.24) is 19.4 Å². The maximum absolute atomic E-state index is 17.3. The van der Waals surface area contributed by atoms with Crippen molar-refractivity contribution in [3.05, 3.63) is 57.5 Å². The van der Waals surface area contributed by atoms with Gasteiger partial charge in [0.1, 0.15) is 16.1 Å². The summed E-state index contributed by atoms with van der Waals surface area (Å²) in [5.74, 6) is -0.416. The number of carbonyl (C=O) groups excluding carboxylic acids is 2. The van der Waals surface area contributed by atoms with Gasteiger partial charge in [0.25, 0.3) is 0 Å². The van der Waals surface area contributed by atoms with Crippen molar-refractivity contribution < 1.29 is 23.5 Å². The minimum Gasteiger partial charge on any atom is -0.449 e. The molecule has 9 nitrogen and oxygen atoms in total. The van der Waals surface area contributed by atoms with Crippen LogP contribution in [0.3, 0.4) is 0 Å². The average Bonchev–Trinajstić information content (AvgIpc) is 3.90. The number of thioether (sulfide) groups is 1. The predicted molar refractivity (Wildman–Crippen MR) is 203 cm³/mol. The first-order chi connectivity index (χ1) is 24.9. The number of fused-ring (bicyclic) bond motifs is 4. The van der Waals surface area contributed by atoms with E-state index in [0.717, 1.165) is 35.9 Å². The lowest BCUT2D eigenvalue weighted by Crippen LogP contribution is -2.45. The Balaban J connectivity index is 1.50. The predicted octanol–water partition coefficient (Wildman–Crippen LogP) is 10.3. The van der Waals surface area contributed by atoms with Gasteiger partial charge in [0.15, 0.2) is 5.82 Å². The Morgan fingerprint density at radius 2 is 1.94 bits per heavy atom. The van der Waals surface area contributed by atoms with Gasteiger partial charge < -0.3 is 18.9 Å². The summed E-state index contributed by atoms with van der Waals surface area (Å²) in [5.41, 5.74) is 2.56. The van der Waals surface area contributed by atoms with E-state index >= 15 is 4.39 Å². The van der Waals surface area contributed by atoms with Crippen LogP contribution in [0.4, 0.5) is 14.0 Å². The van der Waals surface area contributed by atoms with E-state index in [9.17, 15) is 14.9 Å². The van der Waals surface area contributed by atoms with Crippen LogP contribution in [-0.4, -0.2) is 69.1 Å². The number of hydrogen-bond donors (Lipinski definition) is 0. The highest BCUT2D eigenvalue weighted by atomic mass is 35.5. The van der Waals surface area contributed by atoms with Crippen molar-refractivity contribution in [2.45, 2.75) is 95.0 Å². The van der Waals surface area contributed by atoms with Gasteiger partial charge in [-0.15, -0.1) is 11.8 Å². The van der Waals surface area contributed by atoms with E-state index in [-0.39, 0.29) is 65.2 Å². The Morgan fingerprint density at radius 1 is 1.15 bits per heavy atom. The molecule has 0 radical (unpaired) electrons. The lowest BCUT2D eigenvalue weighted by molar-refractivity contribution is 0.0208. The first-order valence-corrected chi connectivity index (χ1v) is 19.8. The van der Waals surface area contributed by atoms with Crippen LogP contribution in [0, 0.1) is 23.1 Å². The number of benzene rings is 2. The van der Waals surface area contributed by atoms with Gasteiger partial charge >= 0.3 is 12.2 Å². The Bertz CT molecular complexity index is 2130. The fourth-order valence-electron chi connectivity index (χ4n) is 8.30. The van der Waals surface area contributed by atoms with E-state index in [2.05, 4.69) is 16.7 Å². The monoisotopic (exact) mass is 765 g/mol. The second-order valence-corrected chi connectivity index (χ2v) is 16.4. The van der Waals surface area contributed by atoms with Crippen molar-refractivity contribution in [2.75, 3.05) is 26.0 Å². The molecule has 1 saturated carbocycles. The van der Waals surface area contributed by atoms with E-state index in [1.807, 2.05) is 44.9 Å². The lowest BCUT2D eigenvalue weighted by atomic mass is 9.79. The number of halogens is 3. The smallest absolute Gasteiger partial charge is 0.410 e. The van der Waals surface area contributed by atoms with Crippen LogP contribution < -0.4 is 0 Å². The third-order valence-electron chi connectivity index (χ3n) is 10.4. The Labute approximate surface area is 317 Å². The largest absolute Gasteiger partial charge is 0.449 e. The number of ether oxygens (including phenoxy) is 2. The van der Waals surface area contributed by atoms with Crippen LogP contribution in [0.25, 0.3) is 32.9 Å². The third-order valence-corrected chi connectivity index (χ3v) is 12.0. The topological polar surface area (TPSA) is 101 Å². The van der Waals surface area contributed by atoms with Crippen molar-refractivity contribution in [2.24, 2.45) is 5.92 Å². The molecule has 2 bridgehead atoms. The molecule has 2 aromatic carbocycles. The number of nitriles is 1. The van der Waals surface area contributed by atoms with Gasteiger partial charge in [0.2, 0.25) is 0 Å². The Morgan fingerprint density at radius 3 is 2.65 bits per heavy atom. The third kappa shape index (κ3) is 6.24. The zero-order chi connectivity index (χ0) is 37.1. The van der Waals surface area contributed by atoms with E-state index in [4.69, 9.17) is 37.7 Å². The Hall–Kier alpha value is -3.72. The van der Waals surface area contributed by atoms with E-state index < -0.39 is 11.4 Å². The van der Waals surface area contributed by atoms with Crippen molar-refractivity contribution in [3.63, 3.8) is 0 Å². The molecule has 13 heteroatoms. The number of hydrogen-bond acceptors (Lipinski definition) is 7. The summed E-state index contributed by atoms with van der Waals surface area (Å²) in [6.07, 6.45) is 4.72. The van der Waals surface area contributed by atoms with Gasteiger partial charge in [0, 0.05) is 53.0 Å². The number of amides is 2. The SMILES string of the molecule is CCCOC(=O)N1CCC[C@@H]1c1cc2c(SC)nc3c(F)c(-c4cccc(Cl)c4Cl)c(CCC#N)cc3c2n1[C@H]1[C@@H]2C[C@H]1N(C(=O)OC(C)(C)C)C2. The van der Waals surface area contributed by atoms with Crippen LogP contribution in [0.2, 0.25) is 10.0 Å². The van der Waals surface area contributed by atoms with Gasteiger partial charge in [-0.3, -0.25) is 4.90 Å². The average molecular weight is 767 g/mol. The maximum Gasteiger partial charge on any atom is 0.410 e. The zero-order valence-electron chi connectivity index (χ0n) is 30.0. The first-order valence-electron chi connectivity index (χ1n) is 17.9. The fourth-order valence-corrected chi connectivity index (χ4v) is 9.26. The van der Waals surface area contributed by atoms with Crippen LogP contribution in [0.15, 0.2) is 35.4 Å². The summed E-state index contributed by atoms with van der Waals surface area (Å²) >= 11 is 14.5. The summed E-state index contributed by atoms with van der Waals surface area (Å²) in [4.78, 5) is 35.5. The summed E-state index contributed by atoms with van der Waals surface area (Å²) in [5, 5.41) is 12.2. The molecule has 4 aliphatic rings. The van der Waals surface area contributed by atoms with Crippen LogP contribution in [0.1, 0.15) is 83.1 Å². The van der Waals surface area contributed by atoms with Gasteiger partial charge in [-0.1, -0.05) is 42.3 Å². The number of nitrogens with zero attached hydrogens (tertiary/aromatic N) is 5. The first kappa shape index (κ1) is 36.6. The number of rotatable bonds is 8. The van der Waals surface area contributed by atoms with Gasteiger partial charge in [0.05, 0.1) is 46.4 Å². The molecule has 3 aliphatic heterocycles. The van der Waals surface area contributed by atoms with Gasteiger partial charge in [-0.2, -0.15) is 5.26 Å². The molecule has 2 amide bonds. The van der Waals surface area contributed by atoms with E-state index in [1.165, 1.54) is 11.8 Å². The highest BCUT2D eigenvalue weighted by molar-refractivity contribution is 7.98. The summed E-state index contributed by atoms with van der Waals surface area (Å²) < 4.78 is 31.1. The normalized spacial score (nSPS) is 21.1. The number of likely N-dealkylation sites (tertiary alicyclic amines) is 1. The minimum absolute atomic E-state index is 0.127. The molecule has 274 valence electrons. The number of aromatic nitrogens is 2. The zero-order valence-corrected chi connectivity index (χ0v) is 32.3. The molecule has 5 heterocycles. The molecule has 8 rings (SSSR count). The molecule has 4 fully saturated rings.